The molecule has 0 aliphatic heterocycles. The van der Waals surface area contributed by atoms with Gasteiger partial charge < -0.3 is 0 Å². The summed E-state index contributed by atoms with van der Waals surface area (Å²) in [6, 6.07) is 4.78. The Balaban J connectivity index is 2.91. The second-order valence-corrected chi connectivity index (χ2v) is 5.79. The molecule has 0 aliphatic rings. The molecule has 76 valence electrons. The molecule has 1 aromatic heterocycles. The minimum atomic E-state index is -3.29. The van der Waals surface area contributed by atoms with Gasteiger partial charge in [0.05, 0.1) is 0 Å². The lowest BCUT2D eigenvalue weighted by Crippen LogP contribution is -2.15. The molecule has 1 heterocycles. The maximum absolute atomic E-state index is 11.4. The van der Waals surface area contributed by atoms with E-state index in [2.05, 4.69) is 20.9 Å². The van der Waals surface area contributed by atoms with Crippen LogP contribution in [-0.2, 0) is 9.84 Å². The predicted octanol–water partition coefficient (Wildman–Crippen LogP) is 1.07. The highest BCUT2D eigenvalue weighted by atomic mass is 79.9. The van der Waals surface area contributed by atoms with Gasteiger partial charge in [-0.2, -0.15) is 0 Å². The minimum absolute atomic E-state index is 0.157. The van der Waals surface area contributed by atoms with Crippen LogP contribution in [-0.4, -0.2) is 31.2 Å². The van der Waals surface area contributed by atoms with Gasteiger partial charge in [0.15, 0.2) is 15.6 Å². The Morgan fingerprint density at radius 3 is 2.64 bits per heavy atom. The van der Waals surface area contributed by atoms with Gasteiger partial charge in [-0.25, -0.2) is 13.4 Å². The fourth-order valence-electron chi connectivity index (χ4n) is 0.876. The van der Waals surface area contributed by atoms with Crippen LogP contribution in [0.2, 0.25) is 0 Å². The molecule has 0 atom stereocenters. The summed E-state index contributed by atoms with van der Waals surface area (Å²) in [5.41, 5.74) is 0.157. The van der Waals surface area contributed by atoms with Crippen molar-refractivity contribution in [3.05, 3.63) is 28.5 Å². The highest BCUT2D eigenvalue weighted by Gasteiger charge is 2.14. The minimum Gasteiger partial charge on any atom is -0.291 e. The normalized spacial score (nSPS) is 11.3. The summed E-state index contributed by atoms with van der Waals surface area (Å²) in [5.74, 6) is -0.995. The Morgan fingerprint density at radius 1 is 1.50 bits per heavy atom. The maximum Gasteiger partial charge on any atom is 0.196 e. The molecule has 1 rings (SSSR count). The van der Waals surface area contributed by atoms with E-state index in [-0.39, 0.29) is 5.69 Å². The van der Waals surface area contributed by atoms with Crippen molar-refractivity contribution >= 4 is 31.6 Å². The van der Waals surface area contributed by atoms with Gasteiger partial charge in [0, 0.05) is 6.26 Å². The maximum atomic E-state index is 11.4. The molecule has 0 aliphatic carbocycles. The Bertz CT molecular complexity index is 455. The number of nitrogens with zero attached hydrogens (tertiary/aromatic N) is 1. The van der Waals surface area contributed by atoms with Gasteiger partial charge >= 0.3 is 0 Å². The number of carbonyl (C=O) groups is 1. The second kappa shape index (κ2) is 4.18. The van der Waals surface area contributed by atoms with Crippen molar-refractivity contribution in [2.75, 3.05) is 12.0 Å². The lowest BCUT2D eigenvalue weighted by Gasteiger charge is -1.98. The number of pyridine rings is 1. The highest BCUT2D eigenvalue weighted by Crippen LogP contribution is 2.07. The molecule has 1 aromatic rings. The first-order chi connectivity index (χ1) is 6.38. The van der Waals surface area contributed by atoms with E-state index in [1.54, 1.807) is 12.1 Å². The number of hydrogen-bond donors (Lipinski definition) is 0. The number of halogens is 1. The third-order valence-electron chi connectivity index (χ3n) is 1.39. The quantitative estimate of drug-likeness (QED) is 0.613. The smallest absolute Gasteiger partial charge is 0.196 e. The van der Waals surface area contributed by atoms with E-state index < -0.39 is 21.4 Å². The molecule has 0 fully saturated rings. The number of Topliss-reactive ketones (excluding diaryl/α,β-unsaturated/α-hetero) is 1. The molecule has 6 heteroatoms. The van der Waals surface area contributed by atoms with Crippen LogP contribution in [0.1, 0.15) is 10.5 Å². The van der Waals surface area contributed by atoms with E-state index in [1.807, 2.05) is 0 Å². The Kier molecular flexibility index (Phi) is 3.38. The first kappa shape index (κ1) is 11.3. The molecule has 14 heavy (non-hydrogen) atoms. The predicted molar refractivity (Wildman–Crippen MR) is 56.0 cm³/mol. The zero-order valence-corrected chi connectivity index (χ0v) is 9.80. The number of ketones is 1. The van der Waals surface area contributed by atoms with Crippen LogP contribution < -0.4 is 0 Å². The number of hydrogen-bond acceptors (Lipinski definition) is 4. The van der Waals surface area contributed by atoms with Crippen LogP contribution in [0.15, 0.2) is 22.8 Å². The molecule has 0 amide bonds. The molecule has 0 aromatic carbocycles. The van der Waals surface area contributed by atoms with Gasteiger partial charge in [0.1, 0.15) is 16.0 Å². The first-order valence-electron chi connectivity index (χ1n) is 3.72. The zero-order valence-electron chi connectivity index (χ0n) is 7.40. The van der Waals surface area contributed by atoms with Crippen molar-refractivity contribution in [2.45, 2.75) is 0 Å². The highest BCUT2D eigenvalue weighted by molar-refractivity contribution is 9.10. The van der Waals surface area contributed by atoms with Crippen molar-refractivity contribution in [1.82, 2.24) is 4.98 Å². The lowest BCUT2D eigenvalue weighted by molar-refractivity contribution is 0.101. The lowest BCUT2D eigenvalue weighted by atomic mass is 10.3. The molecule has 0 N–H and O–H groups in total. The van der Waals surface area contributed by atoms with Gasteiger partial charge in [-0.05, 0) is 28.1 Å². The number of rotatable bonds is 3. The van der Waals surface area contributed by atoms with Crippen LogP contribution in [0.4, 0.5) is 0 Å². The average molecular weight is 278 g/mol. The van der Waals surface area contributed by atoms with Crippen LogP contribution in [0.3, 0.4) is 0 Å². The third-order valence-corrected chi connectivity index (χ3v) is 2.62. The third kappa shape index (κ3) is 3.55. The van der Waals surface area contributed by atoms with E-state index in [4.69, 9.17) is 0 Å². The standard InChI is InChI=1S/C8H8BrNO3S/c1-14(12,13)5-7(11)6-3-2-4-8(9)10-6/h2-4H,5H2,1H3. The summed E-state index contributed by atoms with van der Waals surface area (Å²) >= 11 is 3.10. The summed E-state index contributed by atoms with van der Waals surface area (Å²) < 4.78 is 22.2. The number of carbonyl (C=O) groups excluding carboxylic acids is 1. The Hall–Kier alpha value is -0.750. The van der Waals surface area contributed by atoms with E-state index in [9.17, 15) is 13.2 Å². The van der Waals surface area contributed by atoms with Gasteiger partial charge in [-0.1, -0.05) is 6.07 Å². The molecule has 0 saturated heterocycles. The summed E-state index contributed by atoms with van der Waals surface area (Å²) in [6.45, 7) is 0. The van der Waals surface area contributed by atoms with Gasteiger partial charge in [-0.3, -0.25) is 4.79 Å². The SMILES string of the molecule is CS(=O)(=O)CC(=O)c1cccc(Br)n1. The summed E-state index contributed by atoms with van der Waals surface area (Å²) in [7, 11) is -3.29. The van der Waals surface area contributed by atoms with E-state index in [0.29, 0.717) is 4.60 Å². The molecule has 0 radical (unpaired) electrons. The van der Waals surface area contributed by atoms with Crippen molar-refractivity contribution in [1.29, 1.82) is 0 Å². The molecule has 0 bridgehead atoms. The van der Waals surface area contributed by atoms with E-state index in [1.165, 1.54) is 6.07 Å². The second-order valence-electron chi connectivity index (χ2n) is 2.84. The Morgan fingerprint density at radius 2 is 2.14 bits per heavy atom. The first-order valence-corrected chi connectivity index (χ1v) is 6.57. The fraction of sp³-hybridized carbons (Fsp3) is 0.250. The van der Waals surface area contributed by atoms with Crippen LogP contribution in [0.25, 0.3) is 0 Å². The zero-order chi connectivity index (χ0) is 10.8. The van der Waals surface area contributed by atoms with Crippen molar-refractivity contribution < 1.29 is 13.2 Å². The average Bonchev–Trinajstić information content (AvgIpc) is 2.01. The molecular weight excluding hydrogens is 270 g/mol. The van der Waals surface area contributed by atoms with Crippen LogP contribution >= 0.6 is 15.9 Å². The largest absolute Gasteiger partial charge is 0.291 e. The van der Waals surface area contributed by atoms with E-state index in [0.717, 1.165) is 6.26 Å². The molecule has 0 unspecified atom stereocenters. The fourth-order valence-corrected chi connectivity index (χ4v) is 1.84. The van der Waals surface area contributed by atoms with Crippen LogP contribution in [0.5, 0.6) is 0 Å². The monoisotopic (exact) mass is 277 g/mol. The summed E-state index contributed by atoms with van der Waals surface area (Å²) in [5, 5.41) is 0. The van der Waals surface area contributed by atoms with E-state index >= 15 is 0 Å². The van der Waals surface area contributed by atoms with Crippen LogP contribution in [0, 0.1) is 0 Å². The number of aromatic nitrogens is 1. The van der Waals surface area contributed by atoms with Gasteiger partial charge in [0.2, 0.25) is 0 Å². The topological polar surface area (TPSA) is 64.1 Å². The van der Waals surface area contributed by atoms with Crippen molar-refractivity contribution in [3.8, 4) is 0 Å². The summed E-state index contributed by atoms with van der Waals surface area (Å²) in [4.78, 5) is 15.2. The van der Waals surface area contributed by atoms with Crippen molar-refractivity contribution in [2.24, 2.45) is 0 Å². The molecule has 0 spiro atoms. The van der Waals surface area contributed by atoms with Gasteiger partial charge in [0.25, 0.3) is 0 Å². The molecular formula is C8H8BrNO3S. The molecule has 4 nitrogen and oxygen atoms in total. The Labute approximate surface area is 90.4 Å². The molecule has 0 saturated carbocycles. The summed E-state index contributed by atoms with van der Waals surface area (Å²) in [6.07, 6.45) is 1.02. The van der Waals surface area contributed by atoms with Crippen molar-refractivity contribution in [3.63, 3.8) is 0 Å². The van der Waals surface area contributed by atoms with Gasteiger partial charge in [-0.15, -0.1) is 0 Å². The number of sulfone groups is 1.